The molecular formula is C25H43FN2O2Si. The van der Waals surface area contributed by atoms with Gasteiger partial charge in [0, 0.05) is 35.9 Å². The molecule has 1 N–H and O–H groups in total. The average Bonchev–Trinajstić information content (AvgIpc) is 2.64. The van der Waals surface area contributed by atoms with Crippen molar-refractivity contribution in [1.29, 1.82) is 0 Å². The maximum atomic E-state index is 15.1. The number of hydrogen-bond donors (Lipinski definition) is 1. The van der Waals surface area contributed by atoms with E-state index in [1.54, 1.807) is 6.07 Å². The highest BCUT2D eigenvalue weighted by Gasteiger charge is 2.41. The molecule has 3 rings (SSSR count). The van der Waals surface area contributed by atoms with Crippen molar-refractivity contribution in [2.75, 3.05) is 24.7 Å². The van der Waals surface area contributed by atoms with Gasteiger partial charge in [0.25, 0.3) is 0 Å². The summed E-state index contributed by atoms with van der Waals surface area (Å²) in [6.07, 6.45) is 4.88. The number of aryl methyl sites for hydroxylation is 1. The smallest absolute Gasteiger partial charge is 0.192 e. The van der Waals surface area contributed by atoms with E-state index in [4.69, 9.17) is 9.16 Å². The normalized spacial score (nSPS) is 24.1. The van der Waals surface area contributed by atoms with E-state index in [-0.39, 0.29) is 16.4 Å². The lowest BCUT2D eigenvalue weighted by atomic mass is 9.83. The van der Waals surface area contributed by atoms with Crippen LogP contribution in [0, 0.1) is 12.7 Å². The van der Waals surface area contributed by atoms with E-state index in [0.29, 0.717) is 31.0 Å². The zero-order valence-electron chi connectivity index (χ0n) is 20.9. The Labute approximate surface area is 190 Å². The molecule has 0 spiro atoms. The Hall–Kier alpha value is -1.11. The van der Waals surface area contributed by atoms with Crippen LogP contribution in [0.3, 0.4) is 0 Å². The zero-order chi connectivity index (χ0) is 23.0. The van der Waals surface area contributed by atoms with Crippen molar-refractivity contribution in [3.63, 3.8) is 0 Å². The molecule has 2 fully saturated rings. The van der Waals surface area contributed by atoms with E-state index in [0.717, 1.165) is 24.2 Å². The number of anilines is 1. The summed E-state index contributed by atoms with van der Waals surface area (Å²) in [7, 11) is -1.82. The first-order chi connectivity index (χ1) is 14.3. The molecule has 4 nitrogen and oxygen atoms in total. The molecule has 31 heavy (non-hydrogen) atoms. The lowest BCUT2D eigenvalue weighted by Crippen LogP contribution is -2.67. The van der Waals surface area contributed by atoms with Crippen molar-refractivity contribution in [3.05, 3.63) is 23.5 Å². The van der Waals surface area contributed by atoms with Crippen LogP contribution in [0.2, 0.25) is 18.1 Å². The summed E-state index contributed by atoms with van der Waals surface area (Å²) in [6.45, 7) is 19.3. The molecule has 6 heteroatoms. The number of benzene rings is 1. The first-order valence-electron chi connectivity index (χ1n) is 11.9. The molecule has 1 aliphatic heterocycles. The molecule has 0 radical (unpaired) electrons. The second-order valence-corrected chi connectivity index (χ2v) is 16.5. The summed E-state index contributed by atoms with van der Waals surface area (Å²) < 4.78 is 27.2. The predicted octanol–water partition coefficient (Wildman–Crippen LogP) is 6.03. The fraction of sp³-hybridized carbons (Fsp3) is 0.760. The Balaban J connectivity index is 1.70. The van der Waals surface area contributed by atoms with E-state index in [1.165, 1.54) is 19.3 Å². The molecule has 1 saturated heterocycles. The van der Waals surface area contributed by atoms with Crippen LogP contribution in [-0.2, 0) is 4.43 Å². The average molecular weight is 451 g/mol. The fourth-order valence-electron chi connectivity index (χ4n) is 4.74. The van der Waals surface area contributed by atoms with Crippen molar-refractivity contribution in [1.82, 2.24) is 5.32 Å². The van der Waals surface area contributed by atoms with E-state index in [9.17, 15) is 0 Å². The van der Waals surface area contributed by atoms with Gasteiger partial charge in [-0.25, -0.2) is 4.39 Å². The van der Waals surface area contributed by atoms with Gasteiger partial charge in [-0.3, -0.25) is 0 Å². The highest BCUT2D eigenvalue weighted by molar-refractivity contribution is 6.74. The van der Waals surface area contributed by atoms with E-state index in [2.05, 4.69) is 64.0 Å². The van der Waals surface area contributed by atoms with Crippen molar-refractivity contribution in [3.8, 4) is 5.75 Å². The van der Waals surface area contributed by atoms with Crippen LogP contribution in [0.5, 0.6) is 5.75 Å². The molecule has 0 amide bonds. The summed E-state index contributed by atoms with van der Waals surface area (Å²) in [5.41, 5.74) is 1.84. The third kappa shape index (κ3) is 5.63. The third-order valence-corrected chi connectivity index (χ3v) is 12.0. The minimum absolute atomic E-state index is 0.0130. The van der Waals surface area contributed by atoms with E-state index < -0.39 is 8.32 Å². The molecule has 1 aliphatic carbocycles. The quantitative estimate of drug-likeness (QED) is 0.423. The molecule has 0 bridgehead atoms. The van der Waals surface area contributed by atoms with Gasteiger partial charge >= 0.3 is 0 Å². The van der Waals surface area contributed by atoms with Crippen molar-refractivity contribution < 1.29 is 13.6 Å². The lowest BCUT2D eigenvalue weighted by molar-refractivity contribution is 0.196. The SMILES string of the molecule is Cc1cc(N2CC(C)(C)N[C@@H]3CCCC[C@H]32)cc(F)c1OCCO[Si](C)(C)C(C)(C)C. The number of hydrogen-bond acceptors (Lipinski definition) is 4. The van der Waals surface area contributed by atoms with Crippen LogP contribution < -0.4 is 15.0 Å². The monoisotopic (exact) mass is 450 g/mol. The van der Waals surface area contributed by atoms with Gasteiger partial charge in [0.05, 0.1) is 6.61 Å². The van der Waals surface area contributed by atoms with Crippen LogP contribution in [0.1, 0.15) is 65.9 Å². The third-order valence-electron chi connectivity index (χ3n) is 7.42. The van der Waals surface area contributed by atoms with Gasteiger partial charge in [0.1, 0.15) is 6.61 Å². The Morgan fingerprint density at radius 1 is 1.16 bits per heavy atom. The number of nitrogens with one attached hydrogen (secondary N) is 1. The largest absolute Gasteiger partial charge is 0.488 e. The topological polar surface area (TPSA) is 33.7 Å². The van der Waals surface area contributed by atoms with Gasteiger partial charge in [-0.05, 0) is 63.4 Å². The van der Waals surface area contributed by atoms with Crippen LogP contribution in [0.4, 0.5) is 10.1 Å². The van der Waals surface area contributed by atoms with Gasteiger partial charge < -0.3 is 19.4 Å². The van der Waals surface area contributed by atoms with Gasteiger partial charge in [0.2, 0.25) is 0 Å². The van der Waals surface area contributed by atoms with Crippen molar-refractivity contribution in [2.24, 2.45) is 0 Å². The minimum Gasteiger partial charge on any atom is -0.488 e. The van der Waals surface area contributed by atoms with Crippen LogP contribution in [0.25, 0.3) is 0 Å². The molecule has 176 valence electrons. The van der Waals surface area contributed by atoms with E-state index >= 15 is 4.39 Å². The second-order valence-electron chi connectivity index (χ2n) is 11.6. The van der Waals surface area contributed by atoms with Crippen molar-refractivity contribution >= 4 is 14.0 Å². The summed E-state index contributed by atoms with van der Waals surface area (Å²) in [4.78, 5) is 2.43. The summed E-state index contributed by atoms with van der Waals surface area (Å²) in [5.74, 6) is 0.0863. The number of nitrogens with zero attached hydrogens (tertiary/aromatic N) is 1. The molecule has 1 saturated carbocycles. The van der Waals surface area contributed by atoms with Gasteiger partial charge in [0.15, 0.2) is 19.9 Å². The molecule has 1 heterocycles. The second kappa shape index (κ2) is 9.03. The number of halogens is 1. The molecule has 0 unspecified atom stereocenters. The van der Waals surface area contributed by atoms with Crippen LogP contribution in [-0.4, -0.2) is 45.7 Å². The number of fused-ring (bicyclic) bond motifs is 1. The fourth-order valence-corrected chi connectivity index (χ4v) is 5.77. The maximum absolute atomic E-state index is 15.1. The summed E-state index contributed by atoms with van der Waals surface area (Å²) in [5, 5.41) is 3.98. The highest BCUT2D eigenvalue weighted by atomic mass is 28.4. The van der Waals surface area contributed by atoms with Gasteiger partial charge in [-0.15, -0.1) is 0 Å². The summed E-state index contributed by atoms with van der Waals surface area (Å²) in [6, 6.07) is 4.68. The van der Waals surface area contributed by atoms with Crippen LogP contribution in [0.15, 0.2) is 12.1 Å². The van der Waals surface area contributed by atoms with E-state index in [1.807, 2.05) is 6.92 Å². The predicted molar refractivity (Wildman–Crippen MR) is 130 cm³/mol. The highest BCUT2D eigenvalue weighted by Crippen LogP contribution is 2.38. The molecule has 2 atom stereocenters. The van der Waals surface area contributed by atoms with Crippen LogP contribution >= 0.6 is 0 Å². The molecule has 2 aliphatic rings. The Bertz CT molecular complexity index is 752. The van der Waals surface area contributed by atoms with Crippen molar-refractivity contribution in [2.45, 2.75) is 103 Å². The number of piperazine rings is 1. The van der Waals surface area contributed by atoms with Gasteiger partial charge in [-0.2, -0.15) is 0 Å². The molecular weight excluding hydrogens is 407 g/mol. The lowest BCUT2D eigenvalue weighted by Gasteiger charge is -2.52. The first kappa shape index (κ1) is 24.5. The Morgan fingerprint density at radius 2 is 1.84 bits per heavy atom. The Kier molecular flexibility index (Phi) is 7.14. The van der Waals surface area contributed by atoms with Gasteiger partial charge in [-0.1, -0.05) is 33.6 Å². The standard InChI is InChI=1S/C25H43FN2O2Si/c1-18-15-19(28-17-25(5,6)27-21-11-9-10-12-22(21)28)16-20(26)23(18)29-13-14-30-31(7,8)24(2,3)4/h15-16,21-22,27H,9-14,17H2,1-8H3/t21-,22-/m1/s1. The Morgan fingerprint density at radius 3 is 2.48 bits per heavy atom. The molecule has 0 aromatic heterocycles. The number of ether oxygens (including phenoxy) is 1. The molecule has 1 aromatic rings. The maximum Gasteiger partial charge on any atom is 0.192 e. The minimum atomic E-state index is -1.82. The summed E-state index contributed by atoms with van der Waals surface area (Å²) >= 11 is 0. The first-order valence-corrected chi connectivity index (χ1v) is 14.8. The molecule has 1 aromatic carbocycles. The number of rotatable bonds is 6. The zero-order valence-corrected chi connectivity index (χ0v) is 21.9.